The van der Waals surface area contributed by atoms with Gasteiger partial charge in [0.1, 0.15) is 0 Å². The Bertz CT molecular complexity index is 300. The highest BCUT2D eigenvalue weighted by molar-refractivity contribution is 5.25. The summed E-state index contributed by atoms with van der Waals surface area (Å²) in [7, 11) is 0. The lowest BCUT2D eigenvalue weighted by Gasteiger charge is -2.21. The molecule has 16 heavy (non-hydrogen) atoms. The Balaban J connectivity index is 1.81. The van der Waals surface area contributed by atoms with Crippen LogP contribution in [0, 0.1) is 5.92 Å². The van der Waals surface area contributed by atoms with Gasteiger partial charge in [0.25, 0.3) is 0 Å². The molecular formula is C13H23N3. The van der Waals surface area contributed by atoms with Crippen LogP contribution >= 0.6 is 0 Å². The van der Waals surface area contributed by atoms with Gasteiger partial charge in [-0.2, -0.15) is 0 Å². The van der Waals surface area contributed by atoms with Crippen molar-refractivity contribution in [1.82, 2.24) is 9.55 Å². The average Bonchev–Trinajstić information content (AvgIpc) is 2.76. The molecule has 0 aromatic carbocycles. The highest BCUT2D eigenvalue weighted by Gasteiger charge is 2.13. The number of aryl methyl sites for hydroxylation is 1. The van der Waals surface area contributed by atoms with Crippen LogP contribution < -0.4 is 5.32 Å². The minimum absolute atomic E-state index is 0.945. The number of hydrogen-bond acceptors (Lipinski definition) is 2. The van der Waals surface area contributed by atoms with Gasteiger partial charge in [-0.15, -0.1) is 0 Å². The topological polar surface area (TPSA) is 29.9 Å². The molecule has 0 amide bonds. The van der Waals surface area contributed by atoms with Crippen LogP contribution in [0.5, 0.6) is 0 Å². The van der Waals surface area contributed by atoms with E-state index in [-0.39, 0.29) is 0 Å². The smallest absolute Gasteiger partial charge is 0.202 e. The summed E-state index contributed by atoms with van der Waals surface area (Å²) in [6, 6.07) is 0. The maximum Gasteiger partial charge on any atom is 0.202 e. The molecule has 1 aromatic rings. The summed E-state index contributed by atoms with van der Waals surface area (Å²) < 4.78 is 2.25. The Kier molecular flexibility index (Phi) is 4.25. The molecule has 0 aliphatic heterocycles. The molecular weight excluding hydrogens is 198 g/mol. The molecule has 1 saturated carbocycles. The molecule has 0 bridgehead atoms. The van der Waals surface area contributed by atoms with Crippen molar-refractivity contribution in [3.8, 4) is 0 Å². The summed E-state index contributed by atoms with van der Waals surface area (Å²) in [4.78, 5) is 4.32. The fraction of sp³-hybridized carbons (Fsp3) is 0.769. The second kappa shape index (κ2) is 5.92. The van der Waals surface area contributed by atoms with E-state index in [1.807, 2.05) is 6.20 Å². The lowest BCUT2D eigenvalue weighted by molar-refractivity contribution is 0.324. The van der Waals surface area contributed by atoms with Crippen molar-refractivity contribution in [3.63, 3.8) is 0 Å². The molecule has 90 valence electrons. The van der Waals surface area contributed by atoms with Gasteiger partial charge in [0.2, 0.25) is 5.95 Å². The van der Waals surface area contributed by atoms with E-state index in [2.05, 4.69) is 28.0 Å². The third-order valence-corrected chi connectivity index (χ3v) is 3.55. The van der Waals surface area contributed by atoms with Crippen molar-refractivity contribution in [2.75, 3.05) is 11.9 Å². The van der Waals surface area contributed by atoms with Crippen LogP contribution in [0.15, 0.2) is 12.4 Å². The van der Waals surface area contributed by atoms with Crippen LogP contribution in [0.1, 0.15) is 45.4 Å². The number of aromatic nitrogens is 2. The zero-order valence-electron chi connectivity index (χ0n) is 10.3. The van der Waals surface area contributed by atoms with Crippen molar-refractivity contribution >= 4 is 5.95 Å². The molecule has 1 fully saturated rings. The molecule has 1 N–H and O–H groups in total. The molecule has 1 heterocycles. The second-order valence-electron chi connectivity index (χ2n) is 4.77. The molecule has 1 aliphatic rings. The Morgan fingerprint density at radius 3 is 2.94 bits per heavy atom. The highest BCUT2D eigenvalue weighted by atomic mass is 15.2. The summed E-state index contributed by atoms with van der Waals surface area (Å²) in [6.07, 6.45) is 12.5. The third-order valence-electron chi connectivity index (χ3n) is 3.55. The van der Waals surface area contributed by atoms with Gasteiger partial charge in [0.05, 0.1) is 0 Å². The second-order valence-corrected chi connectivity index (χ2v) is 4.77. The van der Waals surface area contributed by atoms with Crippen LogP contribution in [0.4, 0.5) is 5.95 Å². The fourth-order valence-electron chi connectivity index (χ4n) is 2.61. The van der Waals surface area contributed by atoms with E-state index in [1.54, 1.807) is 0 Å². The van der Waals surface area contributed by atoms with Crippen molar-refractivity contribution in [1.29, 1.82) is 0 Å². The molecule has 1 aromatic heterocycles. The van der Waals surface area contributed by atoms with Crippen LogP contribution in [-0.4, -0.2) is 16.1 Å². The Labute approximate surface area is 98.3 Å². The summed E-state index contributed by atoms with van der Waals surface area (Å²) >= 11 is 0. The maximum absolute atomic E-state index is 4.32. The van der Waals surface area contributed by atoms with Gasteiger partial charge in [-0.05, 0) is 19.3 Å². The van der Waals surface area contributed by atoms with E-state index < -0.39 is 0 Å². The SMILES string of the molecule is CCNc1nccn1CCC1CCCCC1. The largest absolute Gasteiger partial charge is 0.356 e. The normalized spacial score (nSPS) is 17.6. The summed E-state index contributed by atoms with van der Waals surface area (Å²) in [6.45, 7) is 4.17. The zero-order chi connectivity index (χ0) is 11.2. The van der Waals surface area contributed by atoms with Crippen molar-refractivity contribution in [3.05, 3.63) is 12.4 Å². The number of hydrogen-bond donors (Lipinski definition) is 1. The third kappa shape index (κ3) is 3.00. The zero-order valence-corrected chi connectivity index (χ0v) is 10.3. The van der Waals surface area contributed by atoms with Crippen LogP contribution in [-0.2, 0) is 6.54 Å². The molecule has 0 saturated heterocycles. The Morgan fingerprint density at radius 1 is 1.38 bits per heavy atom. The van der Waals surface area contributed by atoms with Gasteiger partial charge >= 0.3 is 0 Å². The van der Waals surface area contributed by atoms with Gasteiger partial charge in [-0.1, -0.05) is 32.1 Å². The lowest BCUT2D eigenvalue weighted by Crippen LogP contribution is -2.12. The first kappa shape index (κ1) is 11.5. The van der Waals surface area contributed by atoms with Gasteiger partial charge in [0, 0.05) is 25.5 Å². The lowest BCUT2D eigenvalue weighted by atomic mass is 9.87. The minimum Gasteiger partial charge on any atom is -0.356 e. The predicted octanol–water partition coefficient (Wildman–Crippen LogP) is 3.29. The van der Waals surface area contributed by atoms with Crippen LogP contribution in [0.3, 0.4) is 0 Å². The minimum atomic E-state index is 0.945. The molecule has 0 unspecified atom stereocenters. The average molecular weight is 221 g/mol. The molecule has 3 nitrogen and oxygen atoms in total. The van der Waals surface area contributed by atoms with Crippen molar-refractivity contribution < 1.29 is 0 Å². The first-order valence-electron chi connectivity index (χ1n) is 6.65. The van der Waals surface area contributed by atoms with Crippen LogP contribution in [0.2, 0.25) is 0 Å². The summed E-state index contributed by atoms with van der Waals surface area (Å²) in [5, 5.41) is 3.30. The number of rotatable bonds is 5. The molecule has 0 atom stereocenters. The Morgan fingerprint density at radius 2 is 2.19 bits per heavy atom. The molecule has 0 radical (unpaired) electrons. The fourth-order valence-corrected chi connectivity index (χ4v) is 2.61. The van der Waals surface area contributed by atoms with Gasteiger partial charge in [0.15, 0.2) is 0 Å². The monoisotopic (exact) mass is 221 g/mol. The van der Waals surface area contributed by atoms with E-state index in [1.165, 1.54) is 38.5 Å². The maximum atomic E-state index is 4.32. The molecule has 1 aliphatic carbocycles. The van der Waals surface area contributed by atoms with Gasteiger partial charge in [-0.3, -0.25) is 0 Å². The number of nitrogens with one attached hydrogen (secondary N) is 1. The van der Waals surface area contributed by atoms with E-state index in [0.717, 1.165) is 25.0 Å². The molecule has 2 rings (SSSR count). The van der Waals surface area contributed by atoms with E-state index in [0.29, 0.717) is 0 Å². The predicted molar refractivity (Wildman–Crippen MR) is 67.6 cm³/mol. The van der Waals surface area contributed by atoms with Crippen molar-refractivity contribution in [2.24, 2.45) is 5.92 Å². The van der Waals surface area contributed by atoms with E-state index >= 15 is 0 Å². The van der Waals surface area contributed by atoms with Crippen molar-refractivity contribution in [2.45, 2.75) is 52.0 Å². The number of imidazole rings is 1. The summed E-state index contributed by atoms with van der Waals surface area (Å²) in [5.41, 5.74) is 0. The first-order chi connectivity index (χ1) is 7.90. The van der Waals surface area contributed by atoms with Crippen LogP contribution in [0.25, 0.3) is 0 Å². The standard InChI is InChI=1S/C13H23N3/c1-2-14-13-15-9-11-16(13)10-8-12-6-4-3-5-7-12/h9,11-12H,2-8,10H2,1H3,(H,14,15). The Hall–Kier alpha value is -0.990. The quantitative estimate of drug-likeness (QED) is 0.827. The van der Waals surface area contributed by atoms with E-state index in [4.69, 9.17) is 0 Å². The highest BCUT2D eigenvalue weighted by Crippen LogP contribution is 2.26. The number of anilines is 1. The van der Waals surface area contributed by atoms with Gasteiger partial charge in [-0.25, -0.2) is 4.98 Å². The first-order valence-corrected chi connectivity index (χ1v) is 6.65. The molecule has 3 heteroatoms. The number of nitrogens with zero attached hydrogens (tertiary/aromatic N) is 2. The molecule has 0 spiro atoms. The summed E-state index contributed by atoms with van der Waals surface area (Å²) in [5.74, 6) is 1.98. The van der Waals surface area contributed by atoms with Gasteiger partial charge < -0.3 is 9.88 Å². The van der Waals surface area contributed by atoms with E-state index in [9.17, 15) is 0 Å².